The molecule has 0 fully saturated rings. The molecule has 4 aromatic rings. The van der Waals surface area contributed by atoms with Crippen molar-refractivity contribution in [2.75, 3.05) is 16.8 Å². The highest BCUT2D eigenvalue weighted by molar-refractivity contribution is 6.03. The van der Waals surface area contributed by atoms with Gasteiger partial charge in [-0.15, -0.1) is 0 Å². The van der Waals surface area contributed by atoms with Crippen molar-refractivity contribution >= 4 is 34.2 Å². The highest BCUT2D eigenvalue weighted by Crippen LogP contribution is 2.33. The minimum absolute atomic E-state index is 0.147. The summed E-state index contributed by atoms with van der Waals surface area (Å²) in [5.41, 5.74) is 2.53. The number of hydrogen-bond donors (Lipinski definition) is 1. The van der Waals surface area contributed by atoms with Gasteiger partial charge in [-0.1, -0.05) is 18.2 Å². The van der Waals surface area contributed by atoms with E-state index in [-0.39, 0.29) is 24.6 Å². The molecule has 0 saturated heterocycles. The molecule has 162 valence electrons. The monoisotopic (exact) mass is 435 g/mol. The summed E-state index contributed by atoms with van der Waals surface area (Å²) in [6.45, 7) is 0.0972. The van der Waals surface area contributed by atoms with Gasteiger partial charge in [-0.2, -0.15) is 5.10 Å². The molecule has 2 amide bonds. The minimum Gasteiger partial charge on any atom is -0.350 e. The SMILES string of the molecule is Cn1cc(-c2cc3n(n2)CCC(=O)N3CC(=O)Nc2ccc(F)cc2F)c2ccccc21. The van der Waals surface area contributed by atoms with Crippen molar-refractivity contribution < 1.29 is 18.4 Å². The quantitative estimate of drug-likeness (QED) is 0.531. The zero-order chi connectivity index (χ0) is 22.4. The first-order valence-electron chi connectivity index (χ1n) is 10.1. The Kier molecular flexibility index (Phi) is 4.73. The van der Waals surface area contributed by atoms with Crippen LogP contribution in [0, 0.1) is 11.6 Å². The minimum atomic E-state index is -0.883. The normalized spacial score (nSPS) is 13.5. The first kappa shape index (κ1) is 19.9. The molecular weight excluding hydrogens is 416 g/mol. The Morgan fingerprint density at radius 1 is 1.16 bits per heavy atom. The molecule has 2 aromatic heterocycles. The van der Waals surface area contributed by atoms with Gasteiger partial charge in [0.15, 0.2) is 0 Å². The molecule has 3 heterocycles. The summed E-state index contributed by atoms with van der Waals surface area (Å²) in [6, 6.07) is 12.6. The summed E-state index contributed by atoms with van der Waals surface area (Å²) < 4.78 is 30.7. The standard InChI is InChI=1S/C23H19F2N5O2/c1-28-12-16(15-4-2-3-5-20(15)28)19-11-22-29(23(32)8-9-30(22)27-19)13-21(31)26-18-7-6-14(24)10-17(18)25/h2-7,10-12H,8-9,13H2,1H3,(H,26,31). The van der Waals surface area contributed by atoms with Crippen molar-refractivity contribution in [3.8, 4) is 11.3 Å². The largest absolute Gasteiger partial charge is 0.350 e. The number of aromatic nitrogens is 3. The molecule has 0 spiro atoms. The van der Waals surface area contributed by atoms with E-state index in [0.717, 1.165) is 28.6 Å². The smallest absolute Gasteiger partial charge is 0.244 e. The summed E-state index contributed by atoms with van der Waals surface area (Å²) in [5, 5.41) is 8.09. The van der Waals surface area contributed by atoms with Crippen LogP contribution in [0.3, 0.4) is 0 Å². The van der Waals surface area contributed by atoms with Gasteiger partial charge >= 0.3 is 0 Å². The van der Waals surface area contributed by atoms with Crippen LogP contribution in [0.1, 0.15) is 6.42 Å². The fourth-order valence-corrected chi connectivity index (χ4v) is 4.02. The van der Waals surface area contributed by atoms with E-state index in [2.05, 4.69) is 10.4 Å². The van der Waals surface area contributed by atoms with Crippen LogP contribution < -0.4 is 10.2 Å². The van der Waals surface area contributed by atoms with Crippen LogP contribution in [0.15, 0.2) is 54.7 Å². The van der Waals surface area contributed by atoms with E-state index in [1.165, 1.54) is 4.90 Å². The maximum absolute atomic E-state index is 13.9. The van der Waals surface area contributed by atoms with E-state index in [0.29, 0.717) is 24.1 Å². The number of rotatable bonds is 4. The third kappa shape index (κ3) is 3.41. The lowest BCUT2D eigenvalue weighted by Gasteiger charge is -2.26. The van der Waals surface area contributed by atoms with Gasteiger partial charge in [-0.25, -0.2) is 13.5 Å². The molecule has 5 rings (SSSR count). The van der Waals surface area contributed by atoms with Gasteiger partial charge in [0.05, 0.1) is 17.9 Å². The first-order chi connectivity index (χ1) is 15.4. The van der Waals surface area contributed by atoms with Crippen molar-refractivity contribution in [1.82, 2.24) is 14.3 Å². The Hall–Kier alpha value is -4.01. The van der Waals surface area contributed by atoms with E-state index in [1.54, 1.807) is 10.7 Å². The number of nitrogens with zero attached hydrogens (tertiary/aromatic N) is 4. The van der Waals surface area contributed by atoms with Crippen LogP contribution in [0.25, 0.3) is 22.2 Å². The van der Waals surface area contributed by atoms with Crippen molar-refractivity contribution in [1.29, 1.82) is 0 Å². The average Bonchev–Trinajstić information content (AvgIpc) is 3.34. The zero-order valence-electron chi connectivity index (χ0n) is 17.2. The van der Waals surface area contributed by atoms with Crippen LogP contribution in [0.4, 0.5) is 20.3 Å². The number of anilines is 2. The lowest BCUT2D eigenvalue weighted by Crippen LogP contribution is -2.42. The van der Waals surface area contributed by atoms with Gasteiger partial charge in [0.25, 0.3) is 0 Å². The van der Waals surface area contributed by atoms with Gasteiger partial charge < -0.3 is 9.88 Å². The van der Waals surface area contributed by atoms with Gasteiger partial charge in [0.1, 0.15) is 24.0 Å². The highest BCUT2D eigenvalue weighted by atomic mass is 19.1. The number of aryl methyl sites for hydroxylation is 2. The summed E-state index contributed by atoms with van der Waals surface area (Å²) in [4.78, 5) is 26.5. The van der Waals surface area contributed by atoms with E-state index < -0.39 is 17.5 Å². The molecule has 0 radical (unpaired) electrons. The topological polar surface area (TPSA) is 72.2 Å². The lowest BCUT2D eigenvalue weighted by molar-refractivity contribution is -0.122. The second kappa shape index (κ2) is 7.60. The number of benzene rings is 2. The van der Waals surface area contributed by atoms with Crippen LogP contribution in [-0.4, -0.2) is 32.7 Å². The Morgan fingerprint density at radius 2 is 1.97 bits per heavy atom. The maximum atomic E-state index is 13.9. The number of halogens is 2. The van der Waals surface area contributed by atoms with Gasteiger partial charge in [-0.05, 0) is 18.2 Å². The van der Waals surface area contributed by atoms with Gasteiger partial charge in [0, 0.05) is 48.3 Å². The molecule has 0 aliphatic carbocycles. The molecule has 0 atom stereocenters. The summed E-state index contributed by atoms with van der Waals surface area (Å²) in [7, 11) is 1.95. The second-order valence-corrected chi connectivity index (χ2v) is 7.68. The van der Waals surface area contributed by atoms with Crippen LogP contribution in [0.5, 0.6) is 0 Å². The molecule has 1 aliphatic heterocycles. The molecule has 0 unspecified atom stereocenters. The molecule has 0 saturated carbocycles. The van der Waals surface area contributed by atoms with Gasteiger partial charge in [-0.3, -0.25) is 14.5 Å². The predicted molar refractivity (Wildman–Crippen MR) is 116 cm³/mol. The Balaban J connectivity index is 1.44. The van der Waals surface area contributed by atoms with Crippen LogP contribution >= 0.6 is 0 Å². The lowest BCUT2D eigenvalue weighted by atomic mass is 10.1. The van der Waals surface area contributed by atoms with Gasteiger partial charge in [0.2, 0.25) is 11.8 Å². The van der Waals surface area contributed by atoms with Crippen molar-refractivity contribution in [3.05, 3.63) is 66.4 Å². The number of nitrogens with one attached hydrogen (secondary N) is 1. The number of carbonyl (C=O) groups is 2. The molecule has 1 aliphatic rings. The van der Waals surface area contributed by atoms with E-state index in [1.807, 2.05) is 42.1 Å². The van der Waals surface area contributed by atoms with Crippen LogP contribution in [-0.2, 0) is 23.2 Å². The summed E-state index contributed by atoms with van der Waals surface area (Å²) in [5.74, 6) is -1.94. The van der Waals surface area contributed by atoms with Crippen molar-refractivity contribution in [2.24, 2.45) is 7.05 Å². The van der Waals surface area contributed by atoms with Crippen LogP contribution in [0.2, 0.25) is 0 Å². The third-order valence-corrected chi connectivity index (χ3v) is 5.55. The summed E-state index contributed by atoms with van der Waals surface area (Å²) in [6.07, 6.45) is 2.18. The number of fused-ring (bicyclic) bond motifs is 2. The van der Waals surface area contributed by atoms with Crippen molar-refractivity contribution in [3.63, 3.8) is 0 Å². The first-order valence-corrected chi connectivity index (χ1v) is 10.1. The maximum Gasteiger partial charge on any atom is 0.244 e. The predicted octanol–water partition coefficient (Wildman–Crippen LogP) is 3.70. The number of para-hydroxylation sites is 1. The Bertz CT molecular complexity index is 1370. The average molecular weight is 435 g/mol. The highest BCUT2D eigenvalue weighted by Gasteiger charge is 2.29. The number of amides is 2. The molecule has 0 bridgehead atoms. The van der Waals surface area contributed by atoms with Crippen molar-refractivity contribution in [2.45, 2.75) is 13.0 Å². The second-order valence-electron chi connectivity index (χ2n) is 7.68. The molecule has 32 heavy (non-hydrogen) atoms. The third-order valence-electron chi connectivity index (χ3n) is 5.55. The molecule has 9 heteroatoms. The van der Waals surface area contributed by atoms with E-state index >= 15 is 0 Å². The zero-order valence-corrected chi connectivity index (χ0v) is 17.2. The number of carbonyl (C=O) groups excluding carboxylic acids is 2. The molecular formula is C23H19F2N5O2. The number of hydrogen-bond acceptors (Lipinski definition) is 3. The Labute approximate surface area is 181 Å². The molecule has 1 N–H and O–H groups in total. The molecule has 7 nitrogen and oxygen atoms in total. The van der Waals surface area contributed by atoms with E-state index in [4.69, 9.17) is 0 Å². The Morgan fingerprint density at radius 3 is 2.78 bits per heavy atom. The fraction of sp³-hybridized carbons (Fsp3) is 0.174. The fourth-order valence-electron chi connectivity index (χ4n) is 4.02. The van der Waals surface area contributed by atoms with E-state index in [9.17, 15) is 18.4 Å². The summed E-state index contributed by atoms with van der Waals surface area (Å²) >= 11 is 0. The molecule has 2 aromatic carbocycles.